The van der Waals surface area contributed by atoms with E-state index in [1.54, 1.807) is 7.11 Å². The van der Waals surface area contributed by atoms with Crippen molar-refractivity contribution in [2.45, 2.75) is 20.3 Å². The summed E-state index contributed by atoms with van der Waals surface area (Å²) in [6, 6.07) is 0. The number of rotatable bonds is 10. The predicted octanol–water partition coefficient (Wildman–Crippen LogP) is 0.188. The van der Waals surface area contributed by atoms with Crippen LogP contribution in [0.25, 0.3) is 0 Å². The average molecular weight is 252 g/mol. The van der Waals surface area contributed by atoms with Gasteiger partial charge in [0.1, 0.15) is 0 Å². The zero-order chi connectivity index (χ0) is 12.4. The molecule has 0 bridgehead atoms. The van der Waals surface area contributed by atoms with Crippen LogP contribution >= 0.6 is 0 Å². The zero-order valence-corrected chi connectivity index (χ0v) is 11.3. The lowest BCUT2D eigenvalue weighted by atomic mass is 10.2. The van der Waals surface area contributed by atoms with Crippen LogP contribution < -0.4 is 10.0 Å². The third kappa shape index (κ3) is 9.08. The van der Waals surface area contributed by atoms with Gasteiger partial charge in [0.2, 0.25) is 10.0 Å². The molecule has 0 amide bonds. The van der Waals surface area contributed by atoms with Gasteiger partial charge in [-0.2, -0.15) is 0 Å². The van der Waals surface area contributed by atoms with Gasteiger partial charge in [-0.05, 0) is 18.9 Å². The van der Waals surface area contributed by atoms with Gasteiger partial charge in [-0.1, -0.05) is 13.8 Å². The largest absolute Gasteiger partial charge is 0.384 e. The van der Waals surface area contributed by atoms with Gasteiger partial charge in [-0.25, -0.2) is 13.1 Å². The number of hydrogen-bond donors (Lipinski definition) is 2. The lowest BCUT2D eigenvalue weighted by Gasteiger charge is -2.12. The van der Waals surface area contributed by atoms with Gasteiger partial charge in [0, 0.05) is 26.8 Å². The summed E-state index contributed by atoms with van der Waals surface area (Å²) in [7, 11) is -1.53. The molecule has 0 rings (SSSR count). The molecule has 98 valence electrons. The maximum Gasteiger partial charge on any atom is 0.212 e. The first-order valence-electron chi connectivity index (χ1n) is 5.68. The molecule has 0 spiro atoms. The fourth-order valence-electron chi connectivity index (χ4n) is 1.19. The van der Waals surface area contributed by atoms with Crippen LogP contribution in [0.1, 0.15) is 20.3 Å². The van der Waals surface area contributed by atoms with Crippen LogP contribution in [0.5, 0.6) is 0 Å². The lowest BCUT2D eigenvalue weighted by molar-refractivity contribution is 0.161. The molecule has 5 nitrogen and oxygen atoms in total. The summed E-state index contributed by atoms with van der Waals surface area (Å²) in [5, 5.41) is 3.06. The van der Waals surface area contributed by atoms with Crippen molar-refractivity contribution in [3.8, 4) is 0 Å². The Morgan fingerprint density at radius 2 is 2.00 bits per heavy atom. The Balaban J connectivity index is 3.70. The molecule has 0 aromatic heterocycles. The molecule has 0 aliphatic heterocycles. The third-order valence-corrected chi connectivity index (χ3v) is 3.43. The smallest absolute Gasteiger partial charge is 0.212 e. The quantitative estimate of drug-likeness (QED) is 0.545. The molecule has 1 unspecified atom stereocenters. The van der Waals surface area contributed by atoms with Crippen LogP contribution in [0.4, 0.5) is 0 Å². The first-order valence-corrected chi connectivity index (χ1v) is 7.34. The summed E-state index contributed by atoms with van der Waals surface area (Å²) in [6.07, 6.45) is 1.01. The number of hydrogen-bond acceptors (Lipinski definition) is 4. The minimum atomic E-state index is -3.14. The summed E-state index contributed by atoms with van der Waals surface area (Å²) in [5.41, 5.74) is 0. The molecule has 0 saturated heterocycles. The van der Waals surface area contributed by atoms with Crippen molar-refractivity contribution < 1.29 is 13.2 Å². The molecule has 2 N–H and O–H groups in total. The Morgan fingerprint density at radius 1 is 1.31 bits per heavy atom. The highest BCUT2D eigenvalue weighted by Gasteiger charge is 2.11. The first-order chi connectivity index (χ1) is 7.52. The van der Waals surface area contributed by atoms with Crippen LogP contribution in [0.3, 0.4) is 0 Å². The molecule has 6 heteroatoms. The van der Waals surface area contributed by atoms with E-state index in [0.29, 0.717) is 19.7 Å². The van der Waals surface area contributed by atoms with E-state index in [9.17, 15) is 8.42 Å². The van der Waals surface area contributed by atoms with Gasteiger partial charge in [0.15, 0.2) is 0 Å². The molecule has 1 atom stereocenters. The SMILES string of the molecule is CCCNCCS(=O)(=O)NCC(C)COC. The summed E-state index contributed by atoms with van der Waals surface area (Å²) in [4.78, 5) is 0. The molecular weight excluding hydrogens is 228 g/mol. The fraction of sp³-hybridized carbons (Fsp3) is 1.00. The van der Waals surface area contributed by atoms with E-state index in [1.165, 1.54) is 0 Å². The highest BCUT2D eigenvalue weighted by atomic mass is 32.2. The number of methoxy groups -OCH3 is 1. The molecule has 0 aliphatic rings. The second-order valence-corrected chi connectivity index (χ2v) is 5.90. The second kappa shape index (κ2) is 8.92. The van der Waals surface area contributed by atoms with Crippen molar-refractivity contribution in [3.63, 3.8) is 0 Å². The van der Waals surface area contributed by atoms with Crippen LogP contribution in [0, 0.1) is 5.92 Å². The average Bonchev–Trinajstić information content (AvgIpc) is 2.22. The van der Waals surface area contributed by atoms with Crippen LogP contribution in [0.2, 0.25) is 0 Å². The maximum atomic E-state index is 11.5. The topological polar surface area (TPSA) is 67.4 Å². The number of nitrogens with one attached hydrogen (secondary N) is 2. The van der Waals surface area contributed by atoms with Crippen LogP contribution in [-0.2, 0) is 14.8 Å². The summed E-state index contributed by atoms with van der Waals surface area (Å²) < 4.78 is 30.5. The molecule has 0 radical (unpaired) electrons. The monoisotopic (exact) mass is 252 g/mol. The minimum Gasteiger partial charge on any atom is -0.384 e. The summed E-state index contributed by atoms with van der Waals surface area (Å²) in [5.74, 6) is 0.329. The van der Waals surface area contributed by atoms with Gasteiger partial charge < -0.3 is 10.1 Å². The van der Waals surface area contributed by atoms with E-state index in [2.05, 4.69) is 10.0 Å². The van der Waals surface area contributed by atoms with Crippen molar-refractivity contribution in [1.82, 2.24) is 10.0 Å². The molecule has 0 aromatic rings. The number of sulfonamides is 1. The van der Waals surface area contributed by atoms with Gasteiger partial charge in [-0.3, -0.25) is 0 Å². The van der Waals surface area contributed by atoms with Crippen molar-refractivity contribution in [2.75, 3.05) is 39.1 Å². The molecule has 0 heterocycles. The molecule has 0 saturated carbocycles. The van der Waals surface area contributed by atoms with Gasteiger partial charge in [0.25, 0.3) is 0 Å². The zero-order valence-electron chi connectivity index (χ0n) is 10.5. The van der Waals surface area contributed by atoms with Gasteiger partial charge in [-0.15, -0.1) is 0 Å². The lowest BCUT2D eigenvalue weighted by Crippen LogP contribution is -2.35. The van der Waals surface area contributed by atoms with E-state index in [-0.39, 0.29) is 11.7 Å². The Kier molecular flexibility index (Phi) is 8.83. The molecule has 0 fully saturated rings. The third-order valence-electron chi connectivity index (χ3n) is 2.08. The summed E-state index contributed by atoms with van der Waals surface area (Å²) >= 11 is 0. The van der Waals surface area contributed by atoms with E-state index < -0.39 is 10.0 Å². The highest BCUT2D eigenvalue weighted by Crippen LogP contribution is 1.94. The van der Waals surface area contributed by atoms with Crippen molar-refractivity contribution >= 4 is 10.0 Å². The standard InChI is InChI=1S/C10H24N2O3S/c1-4-5-11-6-7-16(13,14)12-8-10(2)9-15-3/h10-12H,4-9H2,1-3H3. The van der Waals surface area contributed by atoms with Crippen molar-refractivity contribution in [3.05, 3.63) is 0 Å². The summed E-state index contributed by atoms with van der Waals surface area (Å²) in [6.45, 7) is 6.35. The van der Waals surface area contributed by atoms with E-state index in [1.807, 2.05) is 13.8 Å². The molecular formula is C10H24N2O3S. The molecule has 0 aromatic carbocycles. The minimum absolute atomic E-state index is 0.132. The maximum absolute atomic E-state index is 11.5. The second-order valence-electron chi connectivity index (χ2n) is 3.98. The van der Waals surface area contributed by atoms with E-state index in [0.717, 1.165) is 13.0 Å². The van der Waals surface area contributed by atoms with E-state index >= 15 is 0 Å². The first kappa shape index (κ1) is 15.8. The van der Waals surface area contributed by atoms with Gasteiger partial charge in [0.05, 0.1) is 5.75 Å². The predicted molar refractivity (Wildman–Crippen MR) is 66.0 cm³/mol. The number of ether oxygens (including phenoxy) is 1. The van der Waals surface area contributed by atoms with Crippen molar-refractivity contribution in [2.24, 2.45) is 5.92 Å². The van der Waals surface area contributed by atoms with Crippen LogP contribution in [0.15, 0.2) is 0 Å². The normalized spacial score (nSPS) is 13.9. The van der Waals surface area contributed by atoms with Gasteiger partial charge >= 0.3 is 0 Å². The van der Waals surface area contributed by atoms with Crippen molar-refractivity contribution in [1.29, 1.82) is 0 Å². The fourth-order valence-corrected chi connectivity index (χ4v) is 2.29. The Hall–Kier alpha value is -0.170. The Morgan fingerprint density at radius 3 is 2.56 bits per heavy atom. The Labute approximate surface area is 99.0 Å². The highest BCUT2D eigenvalue weighted by molar-refractivity contribution is 7.89. The molecule has 0 aliphatic carbocycles. The van der Waals surface area contributed by atoms with E-state index in [4.69, 9.17) is 4.74 Å². The molecule has 16 heavy (non-hydrogen) atoms. The van der Waals surface area contributed by atoms with Crippen LogP contribution in [-0.4, -0.2) is 47.5 Å². The Bertz CT molecular complexity index is 255.